The molecule has 0 atom stereocenters. The van der Waals surface area contributed by atoms with Crippen LogP contribution in [0.4, 0.5) is 4.39 Å². The normalized spacial score (nSPS) is 10.7. The molecular weight excluding hydrogens is 331 g/mol. The Hall–Kier alpha value is -1.76. The minimum Gasteiger partial charge on any atom is -0.481 e. The van der Waals surface area contributed by atoms with Gasteiger partial charge in [-0.25, -0.2) is 4.39 Å². The van der Waals surface area contributed by atoms with E-state index in [0.29, 0.717) is 35.2 Å². The Morgan fingerprint density at radius 1 is 1.35 bits per heavy atom. The number of carboxylic acids is 1. The molecule has 106 valence electrons. The lowest BCUT2D eigenvalue weighted by atomic mass is 10.2. The van der Waals surface area contributed by atoms with E-state index in [-0.39, 0.29) is 12.3 Å². The Bertz CT molecular complexity index is 615. The largest absolute Gasteiger partial charge is 0.481 e. The molecule has 1 aromatic carbocycles. The van der Waals surface area contributed by atoms with Crippen LogP contribution in [-0.4, -0.2) is 21.3 Å². The molecular formula is C13H12BrFN2O3. The summed E-state index contributed by atoms with van der Waals surface area (Å²) in [4.78, 5) is 10.4. The summed E-state index contributed by atoms with van der Waals surface area (Å²) in [6.07, 6.45) is 1.85. The molecule has 5 nitrogen and oxygen atoms in total. The Labute approximate surface area is 123 Å². The second-order valence-electron chi connectivity index (χ2n) is 4.23. The van der Waals surface area contributed by atoms with Gasteiger partial charge in [0.15, 0.2) is 0 Å². The first kappa shape index (κ1) is 14.6. The fraction of sp³-hybridized carbons (Fsp3) is 0.308. The van der Waals surface area contributed by atoms with Gasteiger partial charge in [-0.1, -0.05) is 0 Å². The van der Waals surface area contributed by atoms with Gasteiger partial charge in [0.25, 0.3) is 0 Å². The van der Waals surface area contributed by atoms with Crippen molar-refractivity contribution in [2.75, 3.05) is 0 Å². The van der Waals surface area contributed by atoms with Crippen molar-refractivity contribution >= 4 is 21.9 Å². The Morgan fingerprint density at radius 2 is 2.15 bits per heavy atom. The summed E-state index contributed by atoms with van der Waals surface area (Å²) >= 11 is 3.07. The zero-order valence-electron chi connectivity index (χ0n) is 10.5. The average Bonchev–Trinajstić information content (AvgIpc) is 2.86. The molecule has 0 aliphatic heterocycles. The number of halogens is 2. The van der Waals surface area contributed by atoms with Crippen LogP contribution in [0, 0.1) is 5.82 Å². The molecule has 1 N–H and O–H groups in total. The third-order valence-electron chi connectivity index (χ3n) is 2.66. The zero-order chi connectivity index (χ0) is 14.5. The van der Waals surface area contributed by atoms with Crippen molar-refractivity contribution in [3.05, 3.63) is 34.4 Å². The van der Waals surface area contributed by atoms with Crippen molar-refractivity contribution in [2.24, 2.45) is 0 Å². The third kappa shape index (κ3) is 3.86. The number of aryl methyl sites for hydroxylation is 1. The van der Waals surface area contributed by atoms with Crippen LogP contribution in [0.1, 0.15) is 25.2 Å². The highest BCUT2D eigenvalue weighted by Crippen LogP contribution is 2.23. The van der Waals surface area contributed by atoms with Gasteiger partial charge in [0, 0.05) is 18.4 Å². The maximum atomic E-state index is 13.4. The lowest BCUT2D eigenvalue weighted by Crippen LogP contribution is -1.95. The topological polar surface area (TPSA) is 76.2 Å². The van der Waals surface area contributed by atoms with Gasteiger partial charge in [-0.3, -0.25) is 4.79 Å². The van der Waals surface area contributed by atoms with E-state index in [1.807, 2.05) is 0 Å². The SMILES string of the molecule is O=C(O)CCCCc1nnc(-c2ccc(Br)c(F)c2)o1. The highest BCUT2D eigenvalue weighted by atomic mass is 79.9. The number of aromatic nitrogens is 2. The summed E-state index contributed by atoms with van der Waals surface area (Å²) in [6.45, 7) is 0. The van der Waals surface area contributed by atoms with Crippen LogP contribution in [0.25, 0.3) is 11.5 Å². The molecule has 2 rings (SSSR count). The number of carbonyl (C=O) groups is 1. The quantitative estimate of drug-likeness (QED) is 0.813. The van der Waals surface area contributed by atoms with Crippen molar-refractivity contribution in [2.45, 2.75) is 25.7 Å². The predicted molar refractivity (Wildman–Crippen MR) is 72.6 cm³/mol. The zero-order valence-corrected chi connectivity index (χ0v) is 12.1. The van der Waals surface area contributed by atoms with E-state index in [1.165, 1.54) is 6.07 Å². The summed E-state index contributed by atoms with van der Waals surface area (Å²) in [5.74, 6) is -0.538. The van der Waals surface area contributed by atoms with Crippen molar-refractivity contribution in [1.82, 2.24) is 10.2 Å². The maximum absolute atomic E-state index is 13.4. The Morgan fingerprint density at radius 3 is 2.85 bits per heavy atom. The smallest absolute Gasteiger partial charge is 0.303 e. The van der Waals surface area contributed by atoms with Gasteiger partial charge in [-0.05, 0) is 47.0 Å². The van der Waals surface area contributed by atoms with E-state index in [0.717, 1.165) is 0 Å². The Kier molecular flexibility index (Phi) is 4.84. The summed E-state index contributed by atoms with van der Waals surface area (Å²) in [5.41, 5.74) is 0.509. The van der Waals surface area contributed by atoms with Crippen molar-refractivity contribution in [1.29, 1.82) is 0 Å². The Balaban J connectivity index is 1.97. The van der Waals surface area contributed by atoms with E-state index in [9.17, 15) is 9.18 Å². The van der Waals surface area contributed by atoms with Crippen LogP contribution in [0.15, 0.2) is 27.1 Å². The van der Waals surface area contributed by atoms with Crippen LogP contribution in [0.3, 0.4) is 0 Å². The molecule has 0 spiro atoms. The molecule has 0 aliphatic carbocycles. The van der Waals surface area contributed by atoms with E-state index in [4.69, 9.17) is 9.52 Å². The lowest BCUT2D eigenvalue weighted by Gasteiger charge is -1.97. The minimum absolute atomic E-state index is 0.124. The van der Waals surface area contributed by atoms with Gasteiger partial charge in [0.1, 0.15) is 5.82 Å². The average molecular weight is 343 g/mol. The molecule has 2 aromatic rings. The molecule has 0 amide bonds. The fourth-order valence-corrected chi connectivity index (χ4v) is 1.90. The van der Waals surface area contributed by atoms with Gasteiger partial charge >= 0.3 is 5.97 Å². The van der Waals surface area contributed by atoms with Gasteiger partial charge in [-0.15, -0.1) is 10.2 Å². The highest BCUT2D eigenvalue weighted by molar-refractivity contribution is 9.10. The number of hydrogen-bond acceptors (Lipinski definition) is 4. The summed E-state index contributed by atoms with van der Waals surface area (Å²) in [6, 6.07) is 4.56. The van der Waals surface area contributed by atoms with Crippen molar-refractivity contribution < 1.29 is 18.7 Å². The molecule has 0 aliphatic rings. The number of hydrogen-bond donors (Lipinski definition) is 1. The molecule has 0 saturated heterocycles. The highest BCUT2D eigenvalue weighted by Gasteiger charge is 2.10. The first-order chi connectivity index (χ1) is 9.56. The molecule has 0 bridgehead atoms. The van der Waals surface area contributed by atoms with Crippen molar-refractivity contribution in [3.63, 3.8) is 0 Å². The van der Waals surface area contributed by atoms with Gasteiger partial charge in [-0.2, -0.15) is 0 Å². The summed E-state index contributed by atoms with van der Waals surface area (Å²) in [7, 11) is 0. The van der Waals surface area contributed by atoms with Crippen LogP contribution in [0.5, 0.6) is 0 Å². The molecule has 0 unspecified atom stereocenters. The number of unbranched alkanes of at least 4 members (excludes halogenated alkanes) is 1. The predicted octanol–water partition coefficient (Wildman–Crippen LogP) is 3.44. The second kappa shape index (κ2) is 6.60. The fourth-order valence-electron chi connectivity index (χ4n) is 1.65. The lowest BCUT2D eigenvalue weighted by molar-refractivity contribution is -0.137. The van der Waals surface area contributed by atoms with E-state index >= 15 is 0 Å². The first-order valence-corrected chi connectivity index (χ1v) is 6.85. The second-order valence-corrected chi connectivity index (χ2v) is 5.09. The number of aliphatic carboxylic acids is 1. The molecule has 20 heavy (non-hydrogen) atoms. The van der Waals surface area contributed by atoms with E-state index in [1.54, 1.807) is 12.1 Å². The number of rotatable bonds is 6. The van der Waals surface area contributed by atoms with Crippen LogP contribution >= 0.6 is 15.9 Å². The molecule has 0 radical (unpaired) electrons. The number of carboxylic acid groups (broad SMARTS) is 1. The van der Waals surface area contributed by atoms with E-state index < -0.39 is 11.8 Å². The molecule has 1 aromatic heterocycles. The third-order valence-corrected chi connectivity index (χ3v) is 3.31. The number of nitrogens with zero attached hydrogens (tertiary/aromatic N) is 2. The number of benzene rings is 1. The molecule has 1 heterocycles. The maximum Gasteiger partial charge on any atom is 0.303 e. The minimum atomic E-state index is -0.818. The van der Waals surface area contributed by atoms with Crippen molar-refractivity contribution in [3.8, 4) is 11.5 Å². The molecule has 7 heteroatoms. The van der Waals surface area contributed by atoms with Crippen LogP contribution < -0.4 is 0 Å². The monoisotopic (exact) mass is 342 g/mol. The molecule has 0 fully saturated rings. The first-order valence-electron chi connectivity index (χ1n) is 6.06. The van der Waals surface area contributed by atoms with Gasteiger partial charge in [0.2, 0.25) is 11.8 Å². The van der Waals surface area contributed by atoms with Gasteiger partial charge < -0.3 is 9.52 Å². The van der Waals surface area contributed by atoms with Crippen LogP contribution in [-0.2, 0) is 11.2 Å². The van der Waals surface area contributed by atoms with Crippen LogP contribution in [0.2, 0.25) is 0 Å². The standard InChI is InChI=1S/C13H12BrFN2O3/c14-9-6-5-8(7-10(9)15)13-17-16-11(20-13)3-1-2-4-12(18)19/h5-7H,1-4H2,(H,18,19). The summed E-state index contributed by atoms with van der Waals surface area (Å²) < 4.78 is 19.2. The summed E-state index contributed by atoms with van der Waals surface area (Å²) in [5, 5.41) is 16.2. The molecule has 0 saturated carbocycles. The van der Waals surface area contributed by atoms with E-state index in [2.05, 4.69) is 26.1 Å². The van der Waals surface area contributed by atoms with Gasteiger partial charge in [0.05, 0.1) is 4.47 Å².